The summed E-state index contributed by atoms with van der Waals surface area (Å²) in [6.07, 6.45) is 71.4. The summed E-state index contributed by atoms with van der Waals surface area (Å²) in [4.78, 5) is 10.7. The van der Waals surface area contributed by atoms with Crippen LogP contribution in [0.2, 0.25) is 0 Å². The molecule has 0 aliphatic heterocycles. The van der Waals surface area contributed by atoms with Crippen molar-refractivity contribution < 1.29 is 0 Å². The van der Waals surface area contributed by atoms with Crippen molar-refractivity contribution in [2.45, 2.75) is 350 Å². The van der Waals surface area contributed by atoms with E-state index in [1.165, 1.54) is 180 Å². The quantitative estimate of drug-likeness (QED) is 0.193. The summed E-state index contributed by atoms with van der Waals surface area (Å²) in [5.74, 6) is 10.3. The second kappa shape index (κ2) is 23.2. The number of hydrogen-bond acceptors (Lipinski definition) is 3. The molecule has 0 spiro atoms. The second-order valence-electron chi connectivity index (χ2n) is 28.3. The Kier molecular flexibility index (Phi) is 16.6. The highest BCUT2D eigenvalue weighted by Crippen LogP contribution is 2.66. The van der Waals surface area contributed by atoms with Crippen LogP contribution in [-0.2, 0) is 0 Å². The molecular formula is C65H111N3. The summed E-state index contributed by atoms with van der Waals surface area (Å²) < 4.78 is 0. The molecule has 0 radical (unpaired) electrons. The molecule has 3 nitrogen and oxygen atoms in total. The van der Waals surface area contributed by atoms with Crippen molar-refractivity contribution in [3.63, 3.8) is 0 Å². The second-order valence-corrected chi connectivity index (χ2v) is 28.3. The third-order valence-electron chi connectivity index (χ3n) is 25.1. The fourth-order valence-corrected chi connectivity index (χ4v) is 22.8. The Labute approximate surface area is 421 Å². The lowest BCUT2D eigenvalue weighted by molar-refractivity contribution is -0.196. The molecule has 0 N–H and O–H groups in total. The molecule has 10 unspecified atom stereocenters. The van der Waals surface area contributed by atoms with Crippen molar-refractivity contribution in [1.29, 1.82) is 0 Å². The predicted octanol–water partition coefficient (Wildman–Crippen LogP) is 17.5. The van der Waals surface area contributed by atoms with Crippen LogP contribution >= 0.6 is 0 Å². The molecule has 12 aliphatic carbocycles. The van der Waals surface area contributed by atoms with Crippen LogP contribution in [0.25, 0.3) is 0 Å². The Balaban J connectivity index is 0.995. The molecule has 0 amide bonds. The maximum absolute atomic E-state index is 3.57. The molecule has 68 heavy (non-hydrogen) atoms. The van der Waals surface area contributed by atoms with Gasteiger partial charge in [0, 0.05) is 54.4 Å². The molecule has 0 bridgehead atoms. The van der Waals surface area contributed by atoms with Crippen LogP contribution < -0.4 is 0 Å². The zero-order valence-electron chi connectivity index (χ0n) is 44.8. The van der Waals surface area contributed by atoms with E-state index in [1.807, 2.05) is 0 Å². The molecule has 3 heteroatoms. The minimum Gasteiger partial charge on any atom is -0.294 e. The van der Waals surface area contributed by atoms with Gasteiger partial charge < -0.3 is 0 Å². The number of nitrogens with zero attached hydrogens (tertiary/aromatic N) is 3. The number of hydrogen-bond donors (Lipinski definition) is 0. The van der Waals surface area contributed by atoms with Gasteiger partial charge in [0.1, 0.15) is 0 Å². The van der Waals surface area contributed by atoms with E-state index in [4.69, 9.17) is 0 Å². The average molecular weight is 935 g/mol. The van der Waals surface area contributed by atoms with E-state index >= 15 is 0 Å². The molecule has 0 aromatic carbocycles. The van der Waals surface area contributed by atoms with Gasteiger partial charge in [-0.3, -0.25) is 14.7 Å². The van der Waals surface area contributed by atoms with Gasteiger partial charge in [0.2, 0.25) is 0 Å². The third kappa shape index (κ3) is 10.1. The fraction of sp³-hybridized carbons (Fsp3) is 1.00. The average Bonchev–Trinajstić information content (AvgIpc) is 3.42. The highest BCUT2D eigenvalue weighted by atomic mass is 15.3. The first-order chi connectivity index (χ1) is 33.8. The van der Waals surface area contributed by atoms with Gasteiger partial charge in [0.25, 0.3) is 0 Å². The van der Waals surface area contributed by atoms with Gasteiger partial charge in [0.05, 0.1) is 0 Å². The Morgan fingerprint density at radius 2 is 0.456 bits per heavy atom. The van der Waals surface area contributed by atoms with Crippen LogP contribution in [0.3, 0.4) is 0 Å². The molecule has 10 atom stereocenters. The largest absolute Gasteiger partial charge is 0.294 e. The molecule has 0 aromatic heterocycles. The van der Waals surface area contributed by atoms with Crippen LogP contribution in [-0.4, -0.2) is 69.1 Å². The van der Waals surface area contributed by atoms with E-state index in [1.54, 1.807) is 116 Å². The van der Waals surface area contributed by atoms with Crippen LogP contribution in [0, 0.1) is 59.2 Å². The highest BCUT2D eigenvalue weighted by molar-refractivity contribution is 5.15. The van der Waals surface area contributed by atoms with Gasteiger partial charge in [0.15, 0.2) is 0 Å². The minimum atomic E-state index is 0.876. The molecule has 12 rings (SSSR count). The fourth-order valence-electron chi connectivity index (χ4n) is 22.8. The van der Waals surface area contributed by atoms with Crippen LogP contribution in [0.5, 0.6) is 0 Å². The lowest BCUT2D eigenvalue weighted by Gasteiger charge is -2.69. The summed E-state index contributed by atoms with van der Waals surface area (Å²) in [5.41, 5.74) is 0. The molecule has 0 aromatic rings. The zero-order valence-corrected chi connectivity index (χ0v) is 44.8. The standard InChI is InChI=1S/C65H111N3/c1-9-25-47(26-10-1)63(48-27-11-2-12-28-48)59-45-60(66(49-29-13-3-14-30-49)50-31-15-4-16-32-50)56-43-44-58-62(68(53-37-21-7-22-38-53)54-39-23-8-24-40-54)46-61(57-42-41-55(59)64(56)65(57)58)67(51-33-17-5-18-34-51)52-35-19-6-20-36-52/h47-65H,1-46H2. The molecular weight excluding hydrogens is 823 g/mol. The van der Waals surface area contributed by atoms with Gasteiger partial charge >= 0.3 is 0 Å². The van der Waals surface area contributed by atoms with Crippen molar-refractivity contribution in [3.05, 3.63) is 0 Å². The molecule has 0 heterocycles. The molecule has 12 aliphatic rings. The maximum Gasteiger partial charge on any atom is 0.0147 e. The van der Waals surface area contributed by atoms with Crippen LogP contribution in [0.15, 0.2) is 0 Å². The van der Waals surface area contributed by atoms with E-state index in [9.17, 15) is 0 Å². The summed E-state index contributed by atoms with van der Waals surface area (Å²) in [6, 6.07) is 8.04. The van der Waals surface area contributed by atoms with Crippen molar-refractivity contribution in [2.75, 3.05) is 0 Å². The van der Waals surface area contributed by atoms with E-state index in [0.29, 0.717) is 0 Å². The normalized spacial score (nSPS) is 40.1. The SMILES string of the molecule is C1CCC(C(C2CCCCC2)C2CC(N(C3CCCCC3)C3CCCCC3)C3CCC4C5C(CCC2C35)C(N(C2CCCCC2)C2CCCCC2)CC4N(C2CCCCC2)C2CCCCC2)CC1. The summed E-state index contributed by atoms with van der Waals surface area (Å²) >= 11 is 0. The van der Waals surface area contributed by atoms with E-state index < -0.39 is 0 Å². The van der Waals surface area contributed by atoms with Crippen molar-refractivity contribution in [1.82, 2.24) is 14.7 Å². The van der Waals surface area contributed by atoms with Gasteiger partial charge in [-0.15, -0.1) is 0 Å². The van der Waals surface area contributed by atoms with Crippen LogP contribution in [0.4, 0.5) is 0 Å². The molecule has 12 fully saturated rings. The molecule has 12 saturated carbocycles. The first kappa shape index (κ1) is 48.8. The zero-order chi connectivity index (χ0) is 45.2. The predicted molar refractivity (Wildman–Crippen MR) is 287 cm³/mol. The summed E-state index contributed by atoms with van der Waals surface area (Å²) in [5, 5.41) is 0. The monoisotopic (exact) mass is 934 g/mol. The topological polar surface area (TPSA) is 9.72 Å². The van der Waals surface area contributed by atoms with Crippen molar-refractivity contribution in [2.24, 2.45) is 59.2 Å². The summed E-state index contributed by atoms with van der Waals surface area (Å²) in [6.45, 7) is 0. The lowest BCUT2D eigenvalue weighted by atomic mass is 9.41. The third-order valence-corrected chi connectivity index (χ3v) is 25.1. The smallest absolute Gasteiger partial charge is 0.0147 e. The van der Waals surface area contributed by atoms with E-state index in [-0.39, 0.29) is 0 Å². The van der Waals surface area contributed by atoms with Crippen LogP contribution in [0.1, 0.15) is 295 Å². The Morgan fingerprint density at radius 1 is 0.221 bits per heavy atom. The molecule has 0 saturated heterocycles. The minimum absolute atomic E-state index is 0.876. The van der Waals surface area contributed by atoms with Crippen molar-refractivity contribution in [3.8, 4) is 0 Å². The summed E-state index contributed by atoms with van der Waals surface area (Å²) in [7, 11) is 0. The van der Waals surface area contributed by atoms with E-state index in [0.717, 1.165) is 114 Å². The lowest BCUT2D eigenvalue weighted by Crippen LogP contribution is -2.70. The van der Waals surface area contributed by atoms with Crippen molar-refractivity contribution >= 4 is 0 Å². The Bertz CT molecular complexity index is 1200. The Morgan fingerprint density at radius 3 is 0.750 bits per heavy atom. The van der Waals surface area contributed by atoms with Gasteiger partial charge in [-0.05, 0) is 175 Å². The first-order valence-corrected chi connectivity index (χ1v) is 33.1. The first-order valence-electron chi connectivity index (χ1n) is 33.1. The highest BCUT2D eigenvalue weighted by Gasteiger charge is 2.64. The molecule has 386 valence electrons. The van der Waals surface area contributed by atoms with Gasteiger partial charge in [-0.25, -0.2) is 0 Å². The van der Waals surface area contributed by atoms with Gasteiger partial charge in [-0.1, -0.05) is 180 Å². The Hall–Kier alpha value is -0.120. The maximum atomic E-state index is 3.57. The van der Waals surface area contributed by atoms with E-state index in [2.05, 4.69) is 14.7 Å². The van der Waals surface area contributed by atoms with Gasteiger partial charge in [-0.2, -0.15) is 0 Å². The number of rotatable bonds is 12.